The van der Waals surface area contributed by atoms with Gasteiger partial charge in [0, 0.05) is 5.56 Å². The second-order valence-corrected chi connectivity index (χ2v) is 9.05. The van der Waals surface area contributed by atoms with E-state index in [4.69, 9.17) is 9.47 Å². The molecule has 5 rings (SSSR count). The van der Waals surface area contributed by atoms with Crippen molar-refractivity contribution in [1.82, 2.24) is 0 Å². The molecular weight excluding hydrogens is 332 g/mol. The lowest BCUT2D eigenvalue weighted by molar-refractivity contribution is 0.0230. The van der Waals surface area contributed by atoms with Crippen LogP contribution in [0.2, 0.25) is 0 Å². The molecule has 0 radical (unpaired) electrons. The predicted molar refractivity (Wildman–Crippen MR) is 94.5 cm³/mol. The second-order valence-electron chi connectivity index (χ2n) is 9.05. The van der Waals surface area contributed by atoms with Crippen LogP contribution in [-0.4, -0.2) is 29.9 Å². The monoisotopic (exact) mass is 358 g/mol. The van der Waals surface area contributed by atoms with Crippen LogP contribution in [0, 0.1) is 17.3 Å². The Bertz CT molecular complexity index is 830. The highest BCUT2D eigenvalue weighted by atomic mass is 16.6. The Labute approximate surface area is 153 Å². The number of esters is 1. The molecule has 0 amide bonds. The van der Waals surface area contributed by atoms with Gasteiger partial charge in [-0.2, -0.15) is 0 Å². The Hall–Kier alpha value is -1.75. The fourth-order valence-corrected chi connectivity index (χ4v) is 6.72. The zero-order chi connectivity index (χ0) is 18.4. The summed E-state index contributed by atoms with van der Waals surface area (Å²) in [7, 11) is 1.50. The maximum absolute atomic E-state index is 12.6. The fourth-order valence-electron chi connectivity index (χ4n) is 6.72. The fraction of sp³-hybridized carbons (Fsp3) is 0.667. The summed E-state index contributed by atoms with van der Waals surface area (Å²) in [6.45, 7) is 4.33. The van der Waals surface area contributed by atoms with Crippen molar-refractivity contribution in [2.24, 2.45) is 17.3 Å². The van der Waals surface area contributed by atoms with Crippen molar-refractivity contribution in [1.29, 1.82) is 0 Å². The summed E-state index contributed by atoms with van der Waals surface area (Å²) < 4.78 is 10.9. The van der Waals surface area contributed by atoms with Crippen LogP contribution in [0.1, 0.15) is 72.7 Å². The molecule has 1 heterocycles. The Morgan fingerprint density at radius 2 is 2.08 bits per heavy atom. The van der Waals surface area contributed by atoms with Crippen LogP contribution >= 0.6 is 0 Å². The average Bonchev–Trinajstić information content (AvgIpc) is 3.18. The lowest BCUT2D eigenvalue weighted by Crippen LogP contribution is -2.45. The van der Waals surface area contributed by atoms with Crippen molar-refractivity contribution >= 4 is 5.97 Å². The summed E-state index contributed by atoms with van der Waals surface area (Å²) in [5.74, 6) is 1.37. The number of methoxy groups -OCH3 is 1. The molecule has 4 aliphatic rings. The molecule has 5 nitrogen and oxygen atoms in total. The zero-order valence-corrected chi connectivity index (χ0v) is 15.6. The highest BCUT2D eigenvalue weighted by Gasteiger charge is 2.65. The summed E-state index contributed by atoms with van der Waals surface area (Å²) in [5.41, 5.74) is 3.06. The van der Waals surface area contributed by atoms with Gasteiger partial charge in [0.15, 0.2) is 17.6 Å². The van der Waals surface area contributed by atoms with Crippen molar-refractivity contribution in [2.75, 3.05) is 13.7 Å². The van der Waals surface area contributed by atoms with E-state index in [2.05, 4.69) is 13.8 Å². The van der Waals surface area contributed by atoms with Gasteiger partial charge in [-0.25, -0.2) is 4.79 Å². The second kappa shape index (κ2) is 4.94. The van der Waals surface area contributed by atoms with Gasteiger partial charge in [-0.05, 0) is 60.3 Å². The van der Waals surface area contributed by atoms with Crippen LogP contribution < -0.4 is 4.74 Å². The number of carbonyl (C=O) groups excluding carboxylic acids is 1. The van der Waals surface area contributed by atoms with Crippen molar-refractivity contribution in [3.8, 4) is 11.5 Å². The van der Waals surface area contributed by atoms with E-state index >= 15 is 0 Å². The minimum Gasteiger partial charge on any atom is -0.504 e. The number of fused-ring (bicyclic) bond motifs is 7. The Morgan fingerprint density at radius 3 is 2.77 bits per heavy atom. The van der Waals surface area contributed by atoms with Gasteiger partial charge < -0.3 is 19.7 Å². The van der Waals surface area contributed by atoms with Crippen LogP contribution in [0.3, 0.4) is 0 Å². The number of hydrogen-bond acceptors (Lipinski definition) is 5. The molecule has 5 heteroatoms. The number of hydrogen-bond donors (Lipinski definition) is 2. The number of aliphatic hydroxyl groups is 1. The lowest BCUT2D eigenvalue weighted by Gasteiger charge is -2.50. The topological polar surface area (TPSA) is 76.0 Å². The van der Waals surface area contributed by atoms with E-state index < -0.39 is 12.1 Å². The molecule has 2 fully saturated rings. The molecule has 1 aliphatic heterocycles. The number of benzene rings is 1. The summed E-state index contributed by atoms with van der Waals surface area (Å²) in [6.07, 6.45) is 4.52. The predicted octanol–water partition coefficient (Wildman–Crippen LogP) is 3.24. The number of phenolic OH excluding ortho intramolecular Hbond substituents is 1. The number of aliphatic hydroxyl groups excluding tert-OH is 1. The molecule has 0 bridgehead atoms. The third-order valence-electron chi connectivity index (χ3n) is 8.00. The summed E-state index contributed by atoms with van der Waals surface area (Å²) in [6, 6.07) is 0. The molecule has 0 aromatic heterocycles. The van der Waals surface area contributed by atoms with Gasteiger partial charge in [-0.15, -0.1) is 0 Å². The quantitative estimate of drug-likeness (QED) is 0.794. The van der Waals surface area contributed by atoms with Gasteiger partial charge in [0.2, 0.25) is 0 Å². The zero-order valence-electron chi connectivity index (χ0n) is 15.6. The maximum atomic E-state index is 12.6. The number of phenols is 1. The highest BCUT2D eigenvalue weighted by molar-refractivity contribution is 5.98. The highest BCUT2D eigenvalue weighted by Crippen LogP contribution is 2.72. The molecule has 0 saturated heterocycles. The number of carbonyl (C=O) groups is 1. The maximum Gasteiger partial charge on any atom is 0.339 e. The number of ether oxygens (including phenoxy) is 2. The lowest BCUT2D eigenvalue weighted by atomic mass is 9.54. The first-order valence-electron chi connectivity index (χ1n) is 9.64. The Balaban J connectivity index is 1.78. The van der Waals surface area contributed by atoms with E-state index in [-0.39, 0.29) is 17.8 Å². The van der Waals surface area contributed by atoms with Gasteiger partial charge in [-0.1, -0.05) is 13.8 Å². The van der Waals surface area contributed by atoms with E-state index in [0.29, 0.717) is 28.2 Å². The summed E-state index contributed by atoms with van der Waals surface area (Å²) >= 11 is 0. The minimum absolute atomic E-state index is 0.146. The van der Waals surface area contributed by atoms with Crippen molar-refractivity contribution in [3.05, 3.63) is 22.3 Å². The molecule has 26 heavy (non-hydrogen) atoms. The molecule has 5 atom stereocenters. The van der Waals surface area contributed by atoms with E-state index in [9.17, 15) is 15.0 Å². The average molecular weight is 358 g/mol. The smallest absolute Gasteiger partial charge is 0.339 e. The number of rotatable bonds is 2. The van der Waals surface area contributed by atoms with Crippen LogP contribution in [0.25, 0.3) is 0 Å². The van der Waals surface area contributed by atoms with Gasteiger partial charge >= 0.3 is 5.97 Å². The summed E-state index contributed by atoms with van der Waals surface area (Å²) in [4.78, 5) is 12.6. The molecule has 1 aromatic rings. The van der Waals surface area contributed by atoms with Crippen LogP contribution in [0.5, 0.6) is 11.5 Å². The standard InChI is InChI=1S/C21H26O5/c1-20-7-6-10-8-21(10,2)13(20)5-4-11-14-15(12(9-22)26-19(14)24)18(25-3)17(23)16(11)20/h10,12-13,22-23H,4-9H2,1-3H3/t10-,12+,13+,20-,21+/m0/s1. The van der Waals surface area contributed by atoms with Crippen molar-refractivity contribution < 1.29 is 24.5 Å². The third kappa shape index (κ3) is 1.73. The summed E-state index contributed by atoms with van der Waals surface area (Å²) in [5, 5.41) is 20.9. The van der Waals surface area contributed by atoms with E-state index in [0.717, 1.165) is 36.3 Å². The molecule has 0 unspecified atom stereocenters. The SMILES string of the molecule is COc1c(O)c2c(c3c1[C@@H](CO)OC3=O)CC[C@H]1[C@]3(C)C[C@@H]3CC[C@]21C. The molecule has 140 valence electrons. The van der Waals surface area contributed by atoms with Crippen LogP contribution in [-0.2, 0) is 16.6 Å². The van der Waals surface area contributed by atoms with Crippen LogP contribution in [0.15, 0.2) is 0 Å². The molecule has 2 N–H and O–H groups in total. The molecule has 0 spiro atoms. The first kappa shape index (κ1) is 16.4. The van der Waals surface area contributed by atoms with E-state index in [1.54, 1.807) is 0 Å². The molecule has 3 aliphatic carbocycles. The van der Waals surface area contributed by atoms with Gasteiger partial charge in [-0.3, -0.25) is 0 Å². The minimum atomic E-state index is -0.758. The number of cyclic esters (lactones) is 1. The molecule has 2 saturated carbocycles. The molecular formula is C21H26O5. The van der Waals surface area contributed by atoms with E-state index in [1.807, 2.05) is 0 Å². The molecule has 1 aromatic carbocycles. The van der Waals surface area contributed by atoms with Crippen molar-refractivity contribution in [3.63, 3.8) is 0 Å². The van der Waals surface area contributed by atoms with Crippen LogP contribution in [0.4, 0.5) is 0 Å². The van der Waals surface area contributed by atoms with Gasteiger partial charge in [0.25, 0.3) is 0 Å². The Morgan fingerprint density at radius 1 is 1.31 bits per heavy atom. The van der Waals surface area contributed by atoms with E-state index in [1.165, 1.54) is 20.0 Å². The van der Waals surface area contributed by atoms with Crippen molar-refractivity contribution in [2.45, 2.75) is 57.5 Å². The normalized spacial score (nSPS) is 39.4. The number of aromatic hydroxyl groups is 1. The first-order chi connectivity index (χ1) is 12.4. The van der Waals surface area contributed by atoms with Gasteiger partial charge in [0.1, 0.15) is 0 Å². The third-order valence-corrected chi connectivity index (χ3v) is 8.00. The Kier molecular flexibility index (Phi) is 3.12. The van der Waals surface area contributed by atoms with Gasteiger partial charge in [0.05, 0.1) is 24.8 Å². The largest absolute Gasteiger partial charge is 0.504 e. The first-order valence-corrected chi connectivity index (χ1v) is 9.64.